The van der Waals surface area contributed by atoms with E-state index in [2.05, 4.69) is 35.9 Å². The number of hydrogen-bond acceptors (Lipinski definition) is 5. The first-order chi connectivity index (χ1) is 13.9. The normalized spacial score (nSPS) is 23.4. The number of likely N-dealkylation sites (tertiary alicyclic amines) is 1. The van der Waals surface area contributed by atoms with Crippen molar-refractivity contribution in [1.82, 2.24) is 29.5 Å². The first-order valence-corrected chi connectivity index (χ1v) is 11.2. The molecule has 0 aliphatic carbocycles. The second-order valence-electron chi connectivity index (χ2n) is 8.68. The number of hydrogen-bond donors (Lipinski definition) is 1. The summed E-state index contributed by atoms with van der Waals surface area (Å²) in [7, 11) is 0. The van der Waals surface area contributed by atoms with E-state index in [1.807, 2.05) is 9.80 Å². The second kappa shape index (κ2) is 9.84. The quantitative estimate of drug-likeness (QED) is 0.704. The largest absolute Gasteiger partial charge is 0.341 e. The molecule has 29 heavy (non-hydrogen) atoms. The summed E-state index contributed by atoms with van der Waals surface area (Å²) in [5, 5.41) is 7.02. The van der Waals surface area contributed by atoms with Gasteiger partial charge in [-0.25, -0.2) is 0 Å². The lowest BCUT2D eigenvalue weighted by molar-refractivity contribution is -0.137. The number of aryl methyl sites for hydroxylation is 1. The molecule has 0 saturated carbocycles. The van der Waals surface area contributed by atoms with Gasteiger partial charge in [0.05, 0.1) is 6.54 Å². The molecule has 0 bridgehead atoms. The molecule has 2 atom stereocenters. The van der Waals surface area contributed by atoms with Crippen molar-refractivity contribution in [2.75, 3.05) is 45.8 Å². The van der Waals surface area contributed by atoms with Crippen molar-refractivity contribution >= 4 is 24.0 Å². The van der Waals surface area contributed by atoms with Crippen LogP contribution in [0.5, 0.6) is 0 Å². The van der Waals surface area contributed by atoms with Gasteiger partial charge in [0.25, 0.3) is 0 Å². The van der Waals surface area contributed by atoms with Crippen LogP contribution in [0.2, 0.25) is 0 Å². The summed E-state index contributed by atoms with van der Waals surface area (Å²) in [4.78, 5) is 31.5. The first kappa shape index (κ1) is 22.0. The Bertz CT molecular complexity index is 757. The van der Waals surface area contributed by atoms with Crippen LogP contribution in [0.3, 0.4) is 0 Å². The van der Waals surface area contributed by atoms with Gasteiger partial charge < -0.3 is 9.80 Å². The number of nitrogens with zero attached hydrogens (tertiary/aromatic N) is 5. The highest BCUT2D eigenvalue weighted by molar-refractivity contribution is 7.71. The second-order valence-corrected chi connectivity index (χ2v) is 9.07. The topological polar surface area (TPSA) is 77.5 Å². The maximum Gasteiger partial charge on any atom is 0.242 e. The average molecular weight is 423 g/mol. The van der Waals surface area contributed by atoms with Crippen molar-refractivity contribution in [1.29, 1.82) is 0 Å². The van der Waals surface area contributed by atoms with E-state index in [-0.39, 0.29) is 18.4 Å². The smallest absolute Gasteiger partial charge is 0.242 e. The van der Waals surface area contributed by atoms with Crippen LogP contribution in [0, 0.1) is 16.6 Å². The molecule has 1 aromatic heterocycles. The van der Waals surface area contributed by atoms with Crippen molar-refractivity contribution < 1.29 is 9.59 Å². The Morgan fingerprint density at radius 1 is 1.03 bits per heavy atom. The molecule has 9 heteroatoms. The number of carbonyl (C=O) groups is 2. The van der Waals surface area contributed by atoms with Gasteiger partial charge in [-0.15, -0.1) is 0 Å². The van der Waals surface area contributed by atoms with Gasteiger partial charge in [0, 0.05) is 45.7 Å². The monoisotopic (exact) mass is 422 g/mol. The fourth-order valence-corrected chi connectivity index (χ4v) is 4.69. The van der Waals surface area contributed by atoms with Gasteiger partial charge in [0.15, 0.2) is 4.77 Å². The average Bonchev–Trinajstić information content (AvgIpc) is 3.01. The standard InChI is InChI=1S/C20H34N6O2S/c1-4-5-17-21-22-20(29)26(17)14-19(28)24-8-6-23(7-9-24)13-18(27)25-11-15(2)10-16(3)12-25/h15-16H,4-14H2,1-3H3,(H,22,29). The summed E-state index contributed by atoms with van der Waals surface area (Å²) < 4.78 is 2.30. The van der Waals surface area contributed by atoms with Gasteiger partial charge >= 0.3 is 0 Å². The summed E-state index contributed by atoms with van der Waals surface area (Å²) in [6.07, 6.45) is 2.95. The van der Waals surface area contributed by atoms with Crippen LogP contribution >= 0.6 is 12.2 Å². The van der Waals surface area contributed by atoms with Crippen LogP contribution in [0.25, 0.3) is 0 Å². The van der Waals surface area contributed by atoms with Gasteiger partial charge in [-0.05, 0) is 36.9 Å². The molecule has 3 heterocycles. The van der Waals surface area contributed by atoms with Crippen molar-refractivity contribution in [3.05, 3.63) is 10.6 Å². The van der Waals surface area contributed by atoms with Crippen molar-refractivity contribution in [2.24, 2.45) is 11.8 Å². The van der Waals surface area contributed by atoms with E-state index >= 15 is 0 Å². The molecule has 2 unspecified atom stereocenters. The number of piperidine rings is 1. The molecule has 2 amide bonds. The summed E-state index contributed by atoms with van der Waals surface area (Å²) >= 11 is 5.28. The van der Waals surface area contributed by atoms with Crippen LogP contribution in [0.15, 0.2) is 0 Å². The summed E-state index contributed by atoms with van der Waals surface area (Å²) in [6, 6.07) is 0. The molecule has 2 saturated heterocycles. The lowest BCUT2D eigenvalue weighted by atomic mass is 9.92. The Labute approximate surface area is 178 Å². The zero-order chi connectivity index (χ0) is 21.0. The van der Waals surface area contributed by atoms with E-state index in [0.717, 1.165) is 44.8 Å². The molecule has 1 aromatic rings. The number of amides is 2. The minimum atomic E-state index is 0.0597. The lowest BCUT2D eigenvalue weighted by Gasteiger charge is -2.38. The van der Waals surface area contributed by atoms with E-state index in [9.17, 15) is 9.59 Å². The van der Waals surface area contributed by atoms with E-state index in [4.69, 9.17) is 12.2 Å². The number of aromatic amines is 1. The zero-order valence-electron chi connectivity index (χ0n) is 17.9. The predicted octanol–water partition coefficient (Wildman–Crippen LogP) is 1.54. The molecule has 8 nitrogen and oxygen atoms in total. The van der Waals surface area contributed by atoms with Gasteiger partial charge in [-0.1, -0.05) is 20.8 Å². The number of rotatable bonds is 6. The molecule has 0 spiro atoms. The number of piperazine rings is 1. The van der Waals surface area contributed by atoms with Crippen molar-refractivity contribution in [2.45, 2.75) is 46.6 Å². The molecule has 1 N–H and O–H groups in total. The molecular formula is C20H34N6O2S. The van der Waals surface area contributed by atoms with E-state index in [0.29, 0.717) is 36.2 Å². The first-order valence-electron chi connectivity index (χ1n) is 10.8. The minimum Gasteiger partial charge on any atom is -0.341 e. The van der Waals surface area contributed by atoms with Gasteiger partial charge in [-0.2, -0.15) is 5.10 Å². The summed E-state index contributed by atoms with van der Waals surface area (Å²) in [5.74, 6) is 2.26. The molecule has 2 aliphatic rings. The van der Waals surface area contributed by atoms with Crippen LogP contribution in [0.4, 0.5) is 0 Å². The molecule has 0 radical (unpaired) electrons. The molecule has 2 aliphatic heterocycles. The van der Waals surface area contributed by atoms with Crippen molar-refractivity contribution in [3.63, 3.8) is 0 Å². The Morgan fingerprint density at radius 2 is 1.66 bits per heavy atom. The zero-order valence-corrected chi connectivity index (χ0v) is 18.7. The highest BCUT2D eigenvalue weighted by atomic mass is 32.1. The Morgan fingerprint density at radius 3 is 2.28 bits per heavy atom. The summed E-state index contributed by atoms with van der Waals surface area (Å²) in [6.45, 7) is 11.7. The molecule has 162 valence electrons. The number of aromatic nitrogens is 3. The molecule has 2 fully saturated rings. The fourth-order valence-electron chi connectivity index (χ4n) is 4.48. The Balaban J connectivity index is 1.48. The molecule has 3 rings (SSSR count). The lowest BCUT2D eigenvalue weighted by Crippen LogP contribution is -2.53. The Hall–Kier alpha value is -1.74. The molecule has 0 aromatic carbocycles. The van der Waals surface area contributed by atoms with E-state index < -0.39 is 0 Å². The van der Waals surface area contributed by atoms with E-state index in [1.54, 1.807) is 4.57 Å². The fraction of sp³-hybridized carbons (Fsp3) is 0.800. The number of H-pyrrole nitrogens is 1. The maximum atomic E-state index is 12.7. The predicted molar refractivity (Wildman–Crippen MR) is 114 cm³/mol. The number of carbonyl (C=O) groups excluding carboxylic acids is 2. The third-order valence-corrected chi connectivity index (χ3v) is 6.22. The van der Waals surface area contributed by atoms with Crippen LogP contribution < -0.4 is 0 Å². The minimum absolute atomic E-state index is 0.0597. The molecular weight excluding hydrogens is 388 g/mol. The third kappa shape index (κ3) is 5.66. The highest BCUT2D eigenvalue weighted by Gasteiger charge is 2.28. The van der Waals surface area contributed by atoms with Crippen LogP contribution in [0.1, 0.15) is 39.4 Å². The third-order valence-electron chi connectivity index (χ3n) is 5.91. The number of nitrogens with one attached hydrogen (secondary N) is 1. The van der Waals surface area contributed by atoms with E-state index in [1.165, 1.54) is 6.42 Å². The maximum absolute atomic E-state index is 12.7. The van der Waals surface area contributed by atoms with Crippen molar-refractivity contribution in [3.8, 4) is 0 Å². The van der Waals surface area contributed by atoms with Crippen LogP contribution in [-0.2, 0) is 22.6 Å². The highest BCUT2D eigenvalue weighted by Crippen LogP contribution is 2.21. The summed E-state index contributed by atoms with van der Waals surface area (Å²) in [5.41, 5.74) is 0. The van der Waals surface area contributed by atoms with Gasteiger partial charge in [-0.3, -0.25) is 24.2 Å². The Kier molecular flexibility index (Phi) is 7.45. The van der Waals surface area contributed by atoms with Gasteiger partial charge in [0.2, 0.25) is 11.8 Å². The van der Waals surface area contributed by atoms with Gasteiger partial charge in [0.1, 0.15) is 12.4 Å². The van der Waals surface area contributed by atoms with Crippen LogP contribution in [-0.4, -0.2) is 87.1 Å². The SMILES string of the molecule is CCCc1n[nH]c(=S)n1CC(=O)N1CCN(CC(=O)N2CC(C)CC(C)C2)CC1.